The number of pyridine rings is 1. The van der Waals surface area contributed by atoms with Crippen molar-refractivity contribution in [3.05, 3.63) is 94.3 Å². The largest absolute Gasteiger partial charge is 0.467 e. The van der Waals surface area contributed by atoms with Gasteiger partial charge in [0.05, 0.1) is 12.8 Å². The van der Waals surface area contributed by atoms with Crippen LogP contribution in [-0.2, 0) is 20.1 Å². The molecule has 0 N–H and O–H groups in total. The second kappa shape index (κ2) is 7.00. The number of furan rings is 1. The summed E-state index contributed by atoms with van der Waals surface area (Å²) in [5, 5.41) is 0. The van der Waals surface area contributed by atoms with Gasteiger partial charge in [-0.15, -0.1) is 0 Å². The lowest BCUT2D eigenvalue weighted by molar-refractivity contribution is 0.0717. The fraction of sp³-hybridized carbons (Fsp3) is 0.158. The predicted molar refractivity (Wildman–Crippen MR) is 90.4 cm³/mol. The molecule has 0 atom stereocenters. The zero-order valence-corrected chi connectivity index (χ0v) is 13.4. The van der Waals surface area contributed by atoms with E-state index in [9.17, 15) is 9.59 Å². The van der Waals surface area contributed by atoms with Gasteiger partial charge in [0.2, 0.25) is 0 Å². The molecule has 0 aliphatic carbocycles. The van der Waals surface area contributed by atoms with Crippen LogP contribution in [0.15, 0.2) is 76.3 Å². The Kier molecular flexibility index (Phi) is 4.61. The van der Waals surface area contributed by atoms with Crippen LogP contribution in [0, 0.1) is 0 Å². The zero-order valence-electron chi connectivity index (χ0n) is 13.4. The topological polar surface area (TPSA) is 55.5 Å². The highest BCUT2D eigenvalue weighted by Crippen LogP contribution is 2.14. The Hall–Kier alpha value is -3.08. The fourth-order valence-corrected chi connectivity index (χ4v) is 2.46. The minimum atomic E-state index is -0.210. The number of aryl methyl sites for hydroxylation is 1. The molecule has 2 aromatic heterocycles. The molecule has 5 heteroatoms. The number of carbonyl (C=O) groups excluding carboxylic acids is 1. The van der Waals surface area contributed by atoms with Crippen molar-refractivity contribution in [1.29, 1.82) is 0 Å². The van der Waals surface area contributed by atoms with Gasteiger partial charge in [-0.1, -0.05) is 30.3 Å². The maximum absolute atomic E-state index is 12.9. The molecule has 0 aliphatic heterocycles. The third-order valence-corrected chi connectivity index (χ3v) is 3.78. The first-order valence-electron chi connectivity index (χ1n) is 7.66. The van der Waals surface area contributed by atoms with Crippen LogP contribution in [0.1, 0.15) is 21.7 Å². The summed E-state index contributed by atoms with van der Waals surface area (Å²) >= 11 is 0. The van der Waals surface area contributed by atoms with Crippen molar-refractivity contribution in [1.82, 2.24) is 9.47 Å². The van der Waals surface area contributed by atoms with Gasteiger partial charge in [-0.25, -0.2) is 0 Å². The molecule has 0 spiro atoms. The van der Waals surface area contributed by atoms with Crippen LogP contribution in [0.25, 0.3) is 0 Å². The van der Waals surface area contributed by atoms with Gasteiger partial charge in [0, 0.05) is 31.4 Å². The molecule has 2 heterocycles. The maximum atomic E-state index is 12.9. The Morgan fingerprint density at radius 3 is 2.54 bits per heavy atom. The van der Waals surface area contributed by atoms with Crippen molar-refractivity contribution in [3.63, 3.8) is 0 Å². The van der Waals surface area contributed by atoms with Crippen LogP contribution in [0.4, 0.5) is 0 Å². The zero-order chi connectivity index (χ0) is 16.9. The van der Waals surface area contributed by atoms with Crippen LogP contribution in [-0.4, -0.2) is 15.4 Å². The normalized spacial score (nSPS) is 10.5. The molecule has 0 fully saturated rings. The van der Waals surface area contributed by atoms with E-state index in [1.165, 1.54) is 10.6 Å². The summed E-state index contributed by atoms with van der Waals surface area (Å²) in [5.41, 5.74) is 1.18. The Labute approximate surface area is 139 Å². The highest BCUT2D eigenvalue weighted by molar-refractivity contribution is 5.94. The van der Waals surface area contributed by atoms with Crippen molar-refractivity contribution >= 4 is 5.91 Å². The van der Waals surface area contributed by atoms with Crippen LogP contribution in [0.3, 0.4) is 0 Å². The molecule has 5 nitrogen and oxygen atoms in total. The summed E-state index contributed by atoms with van der Waals surface area (Å²) in [7, 11) is 1.65. The van der Waals surface area contributed by atoms with E-state index in [2.05, 4.69) is 0 Å². The van der Waals surface area contributed by atoms with Crippen molar-refractivity contribution in [2.24, 2.45) is 7.05 Å². The standard InChI is InChI=1S/C19H18N2O3/c1-20-10-9-16(12-18(20)22)19(23)21(14-17-8-5-11-24-17)13-15-6-3-2-4-7-15/h2-12H,13-14H2,1H3. The quantitative estimate of drug-likeness (QED) is 0.726. The van der Waals surface area contributed by atoms with Gasteiger partial charge in [0.25, 0.3) is 11.5 Å². The third-order valence-electron chi connectivity index (χ3n) is 3.78. The average molecular weight is 322 g/mol. The van der Waals surface area contributed by atoms with Gasteiger partial charge < -0.3 is 13.9 Å². The van der Waals surface area contributed by atoms with E-state index in [-0.39, 0.29) is 11.5 Å². The first-order chi connectivity index (χ1) is 11.6. The van der Waals surface area contributed by atoms with Crippen molar-refractivity contribution in [2.45, 2.75) is 13.1 Å². The van der Waals surface area contributed by atoms with Gasteiger partial charge >= 0.3 is 0 Å². The highest BCUT2D eigenvalue weighted by atomic mass is 16.3. The molecular formula is C19H18N2O3. The lowest BCUT2D eigenvalue weighted by Crippen LogP contribution is -2.31. The van der Waals surface area contributed by atoms with E-state index >= 15 is 0 Å². The number of nitrogens with zero attached hydrogens (tertiary/aromatic N) is 2. The monoisotopic (exact) mass is 322 g/mol. The average Bonchev–Trinajstić information content (AvgIpc) is 3.10. The van der Waals surface area contributed by atoms with Crippen molar-refractivity contribution in [3.8, 4) is 0 Å². The molecule has 122 valence electrons. The summed E-state index contributed by atoms with van der Waals surface area (Å²) < 4.78 is 6.81. The van der Waals surface area contributed by atoms with E-state index in [1.807, 2.05) is 36.4 Å². The number of hydrogen-bond acceptors (Lipinski definition) is 3. The number of rotatable bonds is 5. The number of carbonyl (C=O) groups is 1. The molecule has 0 saturated carbocycles. The van der Waals surface area contributed by atoms with Crippen molar-refractivity contribution < 1.29 is 9.21 Å². The molecule has 1 aromatic carbocycles. The lowest BCUT2D eigenvalue weighted by atomic mass is 10.1. The minimum absolute atomic E-state index is 0.201. The third kappa shape index (κ3) is 3.63. The predicted octanol–water partition coefficient (Wildman–Crippen LogP) is 2.82. The Bertz CT molecular complexity index is 867. The fourth-order valence-electron chi connectivity index (χ4n) is 2.46. The number of amides is 1. The second-order valence-corrected chi connectivity index (χ2v) is 5.59. The van der Waals surface area contributed by atoms with Crippen LogP contribution < -0.4 is 5.56 Å². The van der Waals surface area contributed by atoms with E-state index in [0.29, 0.717) is 24.4 Å². The second-order valence-electron chi connectivity index (χ2n) is 5.59. The van der Waals surface area contributed by atoms with Crippen molar-refractivity contribution in [2.75, 3.05) is 0 Å². The smallest absolute Gasteiger partial charge is 0.254 e. The molecule has 0 unspecified atom stereocenters. The van der Waals surface area contributed by atoms with Gasteiger partial charge in [-0.05, 0) is 23.8 Å². The summed E-state index contributed by atoms with van der Waals surface area (Å²) in [6.45, 7) is 0.783. The SMILES string of the molecule is Cn1ccc(C(=O)N(Cc2ccccc2)Cc2ccco2)cc1=O. The van der Waals surface area contributed by atoms with Gasteiger partial charge in [0.1, 0.15) is 5.76 Å². The minimum Gasteiger partial charge on any atom is -0.467 e. The van der Waals surface area contributed by atoms with Gasteiger partial charge in [0.15, 0.2) is 0 Å². The molecular weight excluding hydrogens is 304 g/mol. The van der Waals surface area contributed by atoms with Crippen LogP contribution in [0.5, 0.6) is 0 Å². The first-order valence-corrected chi connectivity index (χ1v) is 7.66. The highest BCUT2D eigenvalue weighted by Gasteiger charge is 2.18. The van der Waals surface area contributed by atoms with E-state index in [0.717, 1.165) is 5.56 Å². The molecule has 0 radical (unpaired) electrons. The molecule has 0 aliphatic rings. The van der Waals surface area contributed by atoms with Gasteiger partial charge in [-0.3, -0.25) is 9.59 Å². The molecule has 0 saturated heterocycles. The van der Waals surface area contributed by atoms with E-state index in [1.54, 1.807) is 36.5 Å². The first kappa shape index (κ1) is 15.8. The van der Waals surface area contributed by atoms with Crippen LogP contribution in [0.2, 0.25) is 0 Å². The maximum Gasteiger partial charge on any atom is 0.254 e. The molecule has 3 rings (SSSR count). The van der Waals surface area contributed by atoms with E-state index < -0.39 is 0 Å². The summed E-state index contributed by atoms with van der Waals surface area (Å²) in [6, 6.07) is 16.4. The summed E-state index contributed by atoms with van der Waals surface area (Å²) in [4.78, 5) is 26.4. The number of aromatic nitrogens is 1. The van der Waals surface area contributed by atoms with E-state index in [4.69, 9.17) is 4.42 Å². The Balaban J connectivity index is 1.89. The molecule has 1 amide bonds. The molecule has 0 bridgehead atoms. The lowest BCUT2D eigenvalue weighted by Gasteiger charge is -2.22. The number of benzene rings is 1. The van der Waals surface area contributed by atoms with Crippen LogP contribution >= 0.6 is 0 Å². The Morgan fingerprint density at radius 1 is 1.08 bits per heavy atom. The number of hydrogen-bond donors (Lipinski definition) is 0. The molecule has 24 heavy (non-hydrogen) atoms. The summed E-state index contributed by atoms with van der Waals surface area (Å²) in [5.74, 6) is 0.496. The summed E-state index contributed by atoms with van der Waals surface area (Å²) in [6.07, 6.45) is 3.18. The Morgan fingerprint density at radius 2 is 1.88 bits per heavy atom. The van der Waals surface area contributed by atoms with Gasteiger partial charge in [-0.2, -0.15) is 0 Å². The molecule has 3 aromatic rings.